The minimum Gasteiger partial charge on any atom is -0.443 e. The van der Waals surface area contributed by atoms with E-state index in [0.717, 1.165) is 24.3 Å². The van der Waals surface area contributed by atoms with E-state index in [1.54, 1.807) is 11.1 Å². The standard InChI is InChI=1S/C16H28N4O2/c1-16(2,3)22-15(21)20(10-6-9-19(4)5)14-8-7-13(11-17)18-12-14/h7-8,12H,6,9-11,17H2,1-5H3. The van der Waals surface area contributed by atoms with Crippen molar-refractivity contribution in [2.45, 2.75) is 39.3 Å². The first kappa shape index (κ1) is 18.4. The molecule has 22 heavy (non-hydrogen) atoms. The predicted octanol–water partition coefficient (Wildman–Crippen LogP) is 2.23. The number of amides is 1. The van der Waals surface area contributed by atoms with Crippen LogP contribution in [-0.4, -0.2) is 48.8 Å². The molecule has 1 aromatic heterocycles. The number of nitrogens with two attached hydrogens (primary N) is 1. The van der Waals surface area contributed by atoms with Gasteiger partial charge in [-0.15, -0.1) is 0 Å². The van der Waals surface area contributed by atoms with E-state index in [0.29, 0.717) is 13.1 Å². The zero-order valence-corrected chi connectivity index (χ0v) is 14.3. The molecule has 124 valence electrons. The van der Waals surface area contributed by atoms with Gasteiger partial charge in [0.25, 0.3) is 0 Å². The highest BCUT2D eigenvalue weighted by molar-refractivity contribution is 5.87. The summed E-state index contributed by atoms with van der Waals surface area (Å²) in [5.74, 6) is 0. The maximum absolute atomic E-state index is 12.4. The second-order valence-electron chi connectivity index (χ2n) is 6.50. The van der Waals surface area contributed by atoms with Crippen molar-refractivity contribution in [3.63, 3.8) is 0 Å². The second kappa shape index (κ2) is 8.10. The first-order chi connectivity index (χ1) is 10.2. The lowest BCUT2D eigenvalue weighted by Gasteiger charge is -2.27. The average molecular weight is 308 g/mol. The molecule has 0 unspecified atom stereocenters. The number of rotatable bonds is 6. The Hall–Kier alpha value is -1.66. The van der Waals surface area contributed by atoms with Gasteiger partial charge in [-0.05, 0) is 60.0 Å². The second-order valence-corrected chi connectivity index (χ2v) is 6.50. The number of hydrogen-bond donors (Lipinski definition) is 1. The summed E-state index contributed by atoms with van der Waals surface area (Å²) in [6, 6.07) is 3.69. The largest absolute Gasteiger partial charge is 0.443 e. The van der Waals surface area contributed by atoms with E-state index in [2.05, 4.69) is 9.88 Å². The van der Waals surface area contributed by atoms with Crippen LogP contribution in [0.25, 0.3) is 0 Å². The Morgan fingerprint density at radius 3 is 2.41 bits per heavy atom. The van der Waals surface area contributed by atoms with Crippen LogP contribution >= 0.6 is 0 Å². The molecule has 6 nitrogen and oxygen atoms in total. The molecule has 0 fully saturated rings. The van der Waals surface area contributed by atoms with E-state index in [1.165, 1.54) is 0 Å². The van der Waals surface area contributed by atoms with Gasteiger partial charge >= 0.3 is 6.09 Å². The first-order valence-electron chi connectivity index (χ1n) is 7.53. The highest BCUT2D eigenvalue weighted by atomic mass is 16.6. The molecule has 0 saturated carbocycles. The summed E-state index contributed by atoms with van der Waals surface area (Å²) in [4.78, 5) is 20.4. The molecule has 0 aliphatic heterocycles. The van der Waals surface area contributed by atoms with Gasteiger partial charge in [0, 0.05) is 13.1 Å². The molecule has 6 heteroatoms. The lowest BCUT2D eigenvalue weighted by molar-refractivity contribution is 0.0579. The molecule has 2 N–H and O–H groups in total. The Balaban J connectivity index is 2.86. The quantitative estimate of drug-likeness (QED) is 0.872. The lowest BCUT2D eigenvalue weighted by atomic mass is 10.2. The normalized spacial score (nSPS) is 11.6. The molecule has 0 atom stereocenters. The van der Waals surface area contributed by atoms with Crippen molar-refractivity contribution in [2.75, 3.05) is 32.1 Å². The fourth-order valence-electron chi connectivity index (χ4n) is 1.88. The summed E-state index contributed by atoms with van der Waals surface area (Å²) in [6.07, 6.45) is 2.17. The van der Waals surface area contributed by atoms with Crippen molar-refractivity contribution in [3.05, 3.63) is 24.0 Å². The van der Waals surface area contributed by atoms with Gasteiger partial charge in [0.15, 0.2) is 0 Å². The van der Waals surface area contributed by atoms with Crippen molar-refractivity contribution in [1.29, 1.82) is 0 Å². The highest BCUT2D eigenvalue weighted by Gasteiger charge is 2.23. The van der Waals surface area contributed by atoms with Crippen LogP contribution in [0.2, 0.25) is 0 Å². The van der Waals surface area contributed by atoms with Crippen LogP contribution in [-0.2, 0) is 11.3 Å². The predicted molar refractivity (Wildman–Crippen MR) is 88.9 cm³/mol. The molecule has 1 heterocycles. The number of aromatic nitrogens is 1. The Bertz CT molecular complexity index is 466. The van der Waals surface area contributed by atoms with Gasteiger partial charge in [0.2, 0.25) is 0 Å². The van der Waals surface area contributed by atoms with Crippen molar-refractivity contribution in [2.24, 2.45) is 5.73 Å². The highest BCUT2D eigenvalue weighted by Crippen LogP contribution is 2.18. The maximum atomic E-state index is 12.4. The summed E-state index contributed by atoms with van der Waals surface area (Å²) in [5.41, 5.74) is 6.55. The summed E-state index contributed by atoms with van der Waals surface area (Å²) in [5, 5.41) is 0. The lowest BCUT2D eigenvalue weighted by Crippen LogP contribution is -2.38. The van der Waals surface area contributed by atoms with E-state index in [-0.39, 0.29) is 6.09 Å². The molecule has 0 spiro atoms. The average Bonchev–Trinajstić information content (AvgIpc) is 2.41. The Morgan fingerprint density at radius 2 is 1.95 bits per heavy atom. The topological polar surface area (TPSA) is 71.7 Å². The van der Waals surface area contributed by atoms with Gasteiger partial charge in [-0.1, -0.05) is 0 Å². The third kappa shape index (κ3) is 6.41. The van der Waals surface area contributed by atoms with Crippen LogP contribution in [0.15, 0.2) is 18.3 Å². The van der Waals surface area contributed by atoms with Gasteiger partial charge in [-0.3, -0.25) is 9.88 Å². The maximum Gasteiger partial charge on any atom is 0.414 e. The van der Waals surface area contributed by atoms with E-state index in [9.17, 15) is 4.79 Å². The van der Waals surface area contributed by atoms with Crippen molar-refractivity contribution >= 4 is 11.8 Å². The molecule has 0 saturated heterocycles. The number of pyridine rings is 1. The molecule has 1 aromatic rings. The molecular weight excluding hydrogens is 280 g/mol. The van der Waals surface area contributed by atoms with Gasteiger partial charge in [-0.2, -0.15) is 0 Å². The Morgan fingerprint density at radius 1 is 1.27 bits per heavy atom. The van der Waals surface area contributed by atoms with Crippen LogP contribution in [0.3, 0.4) is 0 Å². The number of anilines is 1. The van der Waals surface area contributed by atoms with Crippen LogP contribution in [0, 0.1) is 0 Å². The van der Waals surface area contributed by atoms with Gasteiger partial charge in [0.05, 0.1) is 17.6 Å². The van der Waals surface area contributed by atoms with E-state index >= 15 is 0 Å². The third-order valence-electron chi connectivity index (χ3n) is 2.93. The first-order valence-corrected chi connectivity index (χ1v) is 7.53. The van der Waals surface area contributed by atoms with Crippen LogP contribution in [0.4, 0.5) is 10.5 Å². The Kier molecular flexibility index (Phi) is 6.77. The minimum absolute atomic E-state index is 0.353. The molecule has 0 radical (unpaired) electrons. The monoisotopic (exact) mass is 308 g/mol. The van der Waals surface area contributed by atoms with Gasteiger partial charge < -0.3 is 15.4 Å². The van der Waals surface area contributed by atoms with Crippen molar-refractivity contribution < 1.29 is 9.53 Å². The molecule has 1 amide bonds. The number of carbonyl (C=O) groups is 1. The van der Waals surface area contributed by atoms with Crippen molar-refractivity contribution in [1.82, 2.24) is 9.88 Å². The molecule has 0 aromatic carbocycles. The summed E-state index contributed by atoms with van der Waals surface area (Å²) in [7, 11) is 4.02. The van der Waals surface area contributed by atoms with Crippen molar-refractivity contribution in [3.8, 4) is 0 Å². The van der Waals surface area contributed by atoms with Crippen LogP contribution in [0.5, 0.6) is 0 Å². The third-order valence-corrected chi connectivity index (χ3v) is 2.93. The zero-order valence-electron chi connectivity index (χ0n) is 14.3. The summed E-state index contributed by atoms with van der Waals surface area (Å²) >= 11 is 0. The van der Waals surface area contributed by atoms with E-state index < -0.39 is 5.60 Å². The molecule has 0 aliphatic rings. The molecule has 0 aliphatic carbocycles. The molecular formula is C16H28N4O2. The van der Waals surface area contributed by atoms with E-state index in [1.807, 2.05) is 47.0 Å². The Labute approximate surface area is 133 Å². The SMILES string of the molecule is CN(C)CCCN(C(=O)OC(C)(C)C)c1ccc(CN)nc1. The van der Waals surface area contributed by atoms with E-state index in [4.69, 9.17) is 10.5 Å². The summed E-state index contributed by atoms with van der Waals surface area (Å²) in [6.45, 7) is 7.44. The number of nitrogens with zero attached hydrogens (tertiary/aromatic N) is 3. The fourth-order valence-corrected chi connectivity index (χ4v) is 1.88. The summed E-state index contributed by atoms with van der Waals surface area (Å²) < 4.78 is 5.49. The van der Waals surface area contributed by atoms with Crippen LogP contribution in [0.1, 0.15) is 32.9 Å². The van der Waals surface area contributed by atoms with Gasteiger partial charge in [-0.25, -0.2) is 4.79 Å². The number of ether oxygens (including phenoxy) is 1. The molecule has 1 rings (SSSR count). The van der Waals surface area contributed by atoms with Gasteiger partial charge in [0.1, 0.15) is 5.60 Å². The molecule has 0 bridgehead atoms. The number of carbonyl (C=O) groups excluding carboxylic acids is 1. The minimum atomic E-state index is -0.526. The zero-order chi connectivity index (χ0) is 16.8. The fraction of sp³-hybridized carbons (Fsp3) is 0.625. The number of hydrogen-bond acceptors (Lipinski definition) is 5. The van der Waals surface area contributed by atoms with Crippen LogP contribution < -0.4 is 10.6 Å². The smallest absolute Gasteiger partial charge is 0.414 e.